The first-order valence-electron chi connectivity index (χ1n) is 6.94. The molecule has 1 aromatic carbocycles. The van der Waals surface area contributed by atoms with Gasteiger partial charge in [-0.1, -0.05) is 23.7 Å². The quantitative estimate of drug-likeness (QED) is 0.912. The van der Waals surface area contributed by atoms with Gasteiger partial charge in [-0.05, 0) is 36.2 Å². The van der Waals surface area contributed by atoms with Crippen molar-refractivity contribution < 1.29 is 9.53 Å². The van der Waals surface area contributed by atoms with Crippen LogP contribution in [0.15, 0.2) is 42.6 Å². The molecule has 0 saturated carbocycles. The molecule has 2 N–H and O–H groups in total. The number of ether oxygens (including phenoxy) is 1. The molecule has 1 aliphatic heterocycles. The smallest absolute Gasteiger partial charge is 0.320 e. The predicted molar refractivity (Wildman–Crippen MR) is 82.7 cm³/mol. The van der Waals surface area contributed by atoms with Gasteiger partial charge in [0.1, 0.15) is 6.10 Å². The minimum atomic E-state index is -0.324. The second-order valence-electron chi connectivity index (χ2n) is 4.95. The summed E-state index contributed by atoms with van der Waals surface area (Å²) in [5.74, 6) is 0.405. The van der Waals surface area contributed by atoms with Crippen LogP contribution in [0.1, 0.15) is 18.1 Å². The number of halogens is 1. The number of benzene rings is 1. The highest BCUT2D eigenvalue weighted by atomic mass is 35.5. The van der Waals surface area contributed by atoms with Crippen LogP contribution < -0.4 is 10.6 Å². The van der Waals surface area contributed by atoms with Crippen LogP contribution >= 0.6 is 11.6 Å². The minimum absolute atomic E-state index is 0.0992. The third-order valence-corrected chi connectivity index (χ3v) is 3.67. The lowest BCUT2D eigenvalue weighted by atomic mass is 10.0. The van der Waals surface area contributed by atoms with Gasteiger partial charge in [0.25, 0.3) is 0 Å². The van der Waals surface area contributed by atoms with E-state index in [1.807, 2.05) is 24.3 Å². The Balaban J connectivity index is 1.63. The summed E-state index contributed by atoms with van der Waals surface area (Å²) in [7, 11) is 0. The summed E-state index contributed by atoms with van der Waals surface area (Å²) >= 11 is 5.90. The Kier molecular flexibility index (Phi) is 4.50. The highest BCUT2D eigenvalue weighted by Gasteiger charge is 2.30. The first-order valence-corrected chi connectivity index (χ1v) is 7.32. The van der Waals surface area contributed by atoms with Gasteiger partial charge in [0.2, 0.25) is 0 Å². The predicted octanol–water partition coefficient (Wildman–Crippen LogP) is 2.78. The van der Waals surface area contributed by atoms with Gasteiger partial charge in [-0.25, -0.2) is 4.79 Å². The molecule has 1 saturated heterocycles. The maximum atomic E-state index is 12.0. The van der Waals surface area contributed by atoms with E-state index < -0.39 is 0 Å². The highest BCUT2D eigenvalue weighted by Crippen LogP contribution is 2.29. The SMILES string of the molecule is O=C(Nc1cccnn1)N[C@H]1CCO[C@@H]1c1ccc(Cl)cc1. The van der Waals surface area contributed by atoms with Crippen LogP contribution in [0.2, 0.25) is 5.02 Å². The van der Waals surface area contributed by atoms with Gasteiger partial charge < -0.3 is 10.1 Å². The van der Waals surface area contributed by atoms with Gasteiger partial charge in [0, 0.05) is 17.8 Å². The van der Waals surface area contributed by atoms with Crippen LogP contribution in [0.25, 0.3) is 0 Å². The first-order chi connectivity index (χ1) is 10.7. The van der Waals surface area contributed by atoms with E-state index in [2.05, 4.69) is 20.8 Å². The van der Waals surface area contributed by atoms with Gasteiger partial charge in [0.15, 0.2) is 5.82 Å². The van der Waals surface area contributed by atoms with E-state index in [1.165, 1.54) is 0 Å². The van der Waals surface area contributed by atoms with E-state index in [0.29, 0.717) is 17.4 Å². The molecule has 0 spiro atoms. The number of anilines is 1. The molecule has 0 radical (unpaired) electrons. The number of urea groups is 1. The number of rotatable bonds is 3. The summed E-state index contributed by atoms with van der Waals surface area (Å²) in [5, 5.41) is 13.8. The van der Waals surface area contributed by atoms with Crippen molar-refractivity contribution in [1.29, 1.82) is 0 Å². The second-order valence-corrected chi connectivity index (χ2v) is 5.38. The number of nitrogens with zero attached hydrogens (tertiary/aromatic N) is 2. The number of hydrogen-bond acceptors (Lipinski definition) is 4. The summed E-state index contributed by atoms with van der Waals surface area (Å²) in [6.07, 6.45) is 2.12. The Morgan fingerprint density at radius 2 is 2.09 bits per heavy atom. The Labute approximate surface area is 132 Å². The van der Waals surface area contributed by atoms with E-state index in [4.69, 9.17) is 16.3 Å². The fourth-order valence-electron chi connectivity index (χ4n) is 2.41. The summed E-state index contributed by atoms with van der Waals surface area (Å²) in [6.45, 7) is 0.601. The third-order valence-electron chi connectivity index (χ3n) is 3.42. The third kappa shape index (κ3) is 3.52. The molecular weight excluding hydrogens is 304 g/mol. The zero-order chi connectivity index (χ0) is 15.4. The summed E-state index contributed by atoms with van der Waals surface area (Å²) in [6, 6.07) is 10.4. The van der Waals surface area contributed by atoms with Crippen molar-refractivity contribution in [3.05, 3.63) is 53.2 Å². The number of nitrogens with one attached hydrogen (secondary N) is 2. The van der Waals surface area contributed by atoms with Crippen molar-refractivity contribution in [2.24, 2.45) is 0 Å². The first kappa shape index (κ1) is 14.7. The average molecular weight is 319 g/mol. The maximum Gasteiger partial charge on any atom is 0.320 e. The van der Waals surface area contributed by atoms with Crippen molar-refractivity contribution >= 4 is 23.4 Å². The largest absolute Gasteiger partial charge is 0.371 e. The fraction of sp³-hybridized carbons (Fsp3) is 0.267. The molecule has 2 amide bonds. The van der Waals surface area contributed by atoms with Crippen LogP contribution in [0.5, 0.6) is 0 Å². The molecule has 2 heterocycles. The molecule has 1 aliphatic rings. The summed E-state index contributed by atoms with van der Waals surface area (Å²) in [5.41, 5.74) is 0.992. The van der Waals surface area contributed by atoms with Crippen LogP contribution in [0.3, 0.4) is 0 Å². The van der Waals surface area contributed by atoms with E-state index in [9.17, 15) is 4.79 Å². The lowest BCUT2D eigenvalue weighted by Gasteiger charge is -2.20. The summed E-state index contributed by atoms with van der Waals surface area (Å²) in [4.78, 5) is 12.0. The maximum absolute atomic E-state index is 12.0. The lowest BCUT2D eigenvalue weighted by molar-refractivity contribution is 0.100. The molecule has 2 aromatic rings. The number of carbonyl (C=O) groups is 1. The van der Waals surface area contributed by atoms with Crippen molar-refractivity contribution in [2.75, 3.05) is 11.9 Å². The number of amides is 2. The molecule has 0 aliphatic carbocycles. The zero-order valence-corrected chi connectivity index (χ0v) is 12.5. The number of hydrogen-bond donors (Lipinski definition) is 2. The molecule has 0 unspecified atom stereocenters. The van der Waals surface area contributed by atoms with Crippen LogP contribution in [0, 0.1) is 0 Å². The van der Waals surface area contributed by atoms with Crippen molar-refractivity contribution in [3.63, 3.8) is 0 Å². The van der Waals surface area contributed by atoms with Gasteiger partial charge >= 0.3 is 6.03 Å². The average Bonchev–Trinajstić information content (AvgIpc) is 2.97. The molecule has 22 heavy (non-hydrogen) atoms. The molecule has 2 atom stereocenters. The van der Waals surface area contributed by atoms with E-state index in [0.717, 1.165) is 12.0 Å². The van der Waals surface area contributed by atoms with Crippen molar-refractivity contribution in [1.82, 2.24) is 15.5 Å². The highest BCUT2D eigenvalue weighted by molar-refractivity contribution is 6.30. The normalized spacial score (nSPS) is 20.6. The monoisotopic (exact) mass is 318 g/mol. The van der Waals surface area contributed by atoms with E-state index in [-0.39, 0.29) is 18.2 Å². The van der Waals surface area contributed by atoms with Gasteiger partial charge in [-0.3, -0.25) is 5.32 Å². The second kappa shape index (κ2) is 6.72. The van der Waals surface area contributed by atoms with Crippen molar-refractivity contribution in [3.8, 4) is 0 Å². The Hall–Kier alpha value is -2.18. The van der Waals surface area contributed by atoms with Crippen LogP contribution in [-0.2, 0) is 4.74 Å². The standard InChI is InChI=1S/C15H15ClN4O2/c16-11-5-3-10(4-6-11)14-12(7-9-22-14)18-15(21)19-13-2-1-8-17-20-13/h1-6,8,12,14H,7,9H2,(H2,18,19,20,21)/t12-,14+/m0/s1. The fourth-order valence-corrected chi connectivity index (χ4v) is 2.53. The molecule has 1 aromatic heterocycles. The lowest BCUT2D eigenvalue weighted by Crippen LogP contribution is -2.39. The molecule has 1 fully saturated rings. The Morgan fingerprint density at radius 1 is 1.27 bits per heavy atom. The summed E-state index contributed by atoms with van der Waals surface area (Å²) < 4.78 is 5.73. The number of aromatic nitrogens is 2. The Morgan fingerprint density at radius 3 is 2.82 bits per heavy atom. The van der Waals surface area contributed by atoms with Gasteiger partial charge in [0.05, 0.1) is 6.04 Å². The minimum Gasteiger partial charge on any atom is -0.371 e. The van der Waals surface area contributed by atoms with E-state index in [1.54, 1.807) is 18.3 Å². The number of carbonyl (C=O) groups excluding carboxylic acids is 1. The molecule has 114 valence electrons. The van der Waals surface area contributed by atoms with E-state index >= 15 is 0 Å². The zero-order valence-electron chi connectivity index (χ0n) is 11.7. The van der Waals surface area contributed by atoms with Gasteiger partial charge in [-0.2, -0.15) is 5.10 Å². The molecular formula is C15H15ClN4O2. The van der Waals surface area contributed by atoms with Gasteiger partial charge in [-0.15, -0.1) is 5.10 Å². The molecule has 3 rings (SSSR count). The van der Waals surface area contributed by atoms with Crippen LogP contribution in [0.4, 0.5) is 10.6 Å². The molecule has 0 bridgehead atoms. The van der Waals surface area contributed by atoms with Crippen molar-refractivity contribution in [2.45, 2.75) is 18.6 Å². The Bertz CT molecular complexity index is 636. The topological polar surface area (TPSA) is 76.1 Å². The van der Waals surface area contributed by atoms with Crippen LogP contribution in [-0.4, -0.2) is 28.9 Å². The molecule has 7 heteroatoms. The molecule has 6 nitrogen and oxygen atoms in total.